The van der Waals surface area contributed by atoms with Crippen molar-refractivity contribution in [3.8, 4) is 0 Å². The van der Waals surface area contributed by atoms with Crippen LogP contribution in [0.3, 0.4) is 0 Å². The Hall–Kier alpha value is -0.900. The molecule has 4 heteroatoms. The summed E-state index contributed by atoms with van der Waals surface area (Å²) in [6, 6.07) is 3.11. The summed E-state index contributed by atoms with van der Waals surface area (Å²) in [5, 5.41) is 0. The first-order chi connectivity index (χ1) is 5.56. The Morgan fingerprint density at radius 2 is 2.17 bits per heavy atom. The SMILES string of the molecule is [CH2]c1ccc(S(=O)(=O)CC)cn1. The van der Waals surface area contributed by atoms with Gasteiger partial charge in [-0.2, -0.15) is 0 Å². The molecule has 1 aromatic rings. The second-order valence-corrected chi connectivity index (χ2v) is 4.67. The van der Waals surface area contributed by atoms with Crippen molar-refractivity contribution in [2.75, 3.05) is 5.75 Å². The Labute approximate surface area is 72.4 Å². The van der Waals surface area contributed by atoms with Gasteiger partial charge in [0.2, 0.25) is 0 Å². The van der Waals surface area contributed by atoms with E-state index >= 15 is 0 Å². The molecule has 0 amide bonds. The third-order valence-electron chi connectivity index (χ3n) is 1.54. The number of sulfone groups is 1. The molecule has 65 valence electrons. The molecule has 12 heavy (non-hydrogen) atoms. The van der Waals surface area contributed by atoms with Crippen molar-refractivity contribution in [2.24, 2.45) is 0 Å². The minimum atomic E-state index is -3.11. The van der Waals surface area contributed by atoms with Crippen molar-refractivity contribution in [2.45, 2.75) is 11.8 Å². The Bertz CT molecular complexity index is 353. The normalized spacial score (nSPS) is 11.5. The van der Waals surface area contributed by atoms with Crippen LogP contribution in [0, 0.1) is 6.92 Å². The average Bonchev–Trinajstić information content (AvgIpc) is 2.05. The number of hydrogen-bond acceptors (Lipinski definition) is 3. The summed E-state index contributed by atoms with van der Waals surface area (Å²) in [4.78, 5) is 4.06. The van der Waals surface area contributed by atoms with E-state index < -0.39 is 9.84 Å². The molecule has 0 aliphatic rings. The number of rotatable bonds is 2. The van der Waals surface area contributed by atoms with Crippen LogP contribution in [0.2, 0.25) is 0 Å². The smallest absolute Gasteiger partial charge is 0.179 e. The molecule has 1 heterocycles. The lowest BCUT2D eigenvalue weighted by Gasteiger charge is -1.99. The van der Waals surface area contributed by atoms with Crippen LogP contribution in [0.15, 0.2) is 23.2 Å². The van der Waals surface area contributed by atoms with Gasteiger partial charge in [0.25, 0.3) is 0 Å². The van der Waals surface area contributed by atoms with Gasteiger partial charge < -0.3 is 0 Å². The number of pyridine rings is 1. The lowest BCUT2D eigenvalue weighted by atomic mass is 10.4. The third kappa shape index (κ3) is 1.82. The molecule has 0 saturated carbocycles. The van der Waals surface area contributed by atoms with E-state index in [2.05, 4.69) is 11.9 Å². The summed E-state index contributed by atoms with van der Waals surface area (Å²) in [6.45, 7) is 5.17. The molecule has 1 aromatic heterocycles. The monoisotopic (exact) mass is 184 g/mol. The Kier molecular flexibility index (Phi) is 2.47. The van der Waals surface area contributed by atoms with Gasteiger partial charge in [0, 0.05) is 11.9 Å². The van der Waals surface area contributed by atoms with Gasteiger partial charge in [-0.25, -0.2) is 8.42 Å². The van der Waals surface area contributed by atoms with Crippen LogP contribution in [-0.4, -0.2) is 19.2 Å². The van der Waals surface area contributed by atoms with Crippen LogP contribution in [0.1, 0.15) is 12.6 Å². The molecule has 0 N–H and O–H groups in total. The lowest BCUT2D eigenvalue weighted by Crippen LogP contribution is -2.03. The largest absolute Gasteiger partial charge is 0.260 e. The molecule has 1 rings (SSSR count). The first kappa shape index (κ1) is 9.19. The van der Waals surface area contributed by atoms with Crippen LogP contribution in [0.4, 0.5) is 0 Å². The summed E-state index contributed by atoms with van der Waals surface area (Å²) in [5.41, 5.74) is 0.574. The van der Waals surface area contributed by atoms with Crippen LogP contribution in [0.5, 0.6) is 0 Å². The van der Waals surface area contributed by atoms with E-state index in [0.717, 1.165) is 0 Å². The van der Waals surface area contributed by atoms with Crippen molar-refractivity contribution < 1.29 is 8.42 Å². The number of nitrogens with zero attached hydrogens (tertiary/aromatic N) is 1. The van der Waals surface area contributed by atoms with Gasteiger partial charge >= 0.3 is 0 Å². The zero-order valence-electron chi connectivity index (χ0n) is 6.82. The Morgan fingerprint density at radius 1 is 1.50 bits per heavy atom. The van der Waals surface area contributed by atoms with E-state index in [-0.39, 0.29) is 10.6 Å². The molecule has 0 aliphatic carbocycles. The lowest BCUT2D eigenvalue weighted by molar-refractivity contribution is 0.597. The molecule has 0 bridgehead atoms. The summed E-state index contributed by atoms with van der Waals surface area (Å²) in [6.07, 6.45) is 1.33. The van der Waals surface area contributed by atoms with E-state index in [4.69, 9.17) is 0 Å². The molecule has 1 radical (unpaired) electrons. The van der Waals surface area contributed by atoms with E-state index in [1.54, 1.807) is 13.0 Å². The van der Waals surface area contributed by atoms with Gasteiger partial charge in [-0.3, -0.25) is 4.98 Å². The molecule has 0 fully saturated rings. The van der Waals surface area contributed by atoms with E-state index in [1.807, 2.05) is 0 Å². The van der Waals surface area contributed by atoms with Crippen molar-refractivity contribution >= 4 is 9.84 Å². The first-order valence-corrected chi connectivity index (χ1v) is 5.22. The Balaban J connectivity index is 3.14. The molecule has 0 unspecified atom stereocenters. The van der Waals surface area contributed by atoms with Gasteiger partial charge in [-0.15, -0.1) is 0 Å². The van der Waals surface area contributed by atoms with Crippen LogP contribution < -0.4 is 0 Å². The summed E-state index contributed by atoms with van der Waals surface area (Å²) in [7, 11) is -3.11. The molecule has 0 atom stereocenters. The van der Waals surface area contributed by atoms with Gasteiger partial charge in [0.15, 0.2) is 9.84 Å². The fraction of sp³-hybridized carbons (Fsp3) is 0.250. The molecular weight excluding hydrogens is 174 g/mol. The van der Waals surface area contributed by atoms with Crippen molar-refractivity contribution in [1.29, 1.82) is 0 Å². The molecule has 0 aromatic carbocycles. The van der Waals surface area contributed by atoms with E-state index in [0.29, 0.717) is 5.69 Å². The van der Waals surface area contributed by atoms with Crippen molar-refractivity contribution in [3.63, 3.8) is 0 Å². The van der Waals surface area contributed by atoms with E-state index in [9.17, 15) is 8.42 Å². The van der Waals surface area contributed by atoms with Crippen LogP contribution in [0.25, 0.3) is 0 Å². The molecule has 0 spiro atoms. The standard InChI is InChI=1S/C8H10NO2S/c1-3-12(10,11)8-5-4-7(2)9-6-8/h4-6H,2-3H2,1H3. The second kappa shape index (κ2) is 3.23. The molecular formula is C8H10NO2S. The maximum absolute atomic E-state index is 11.3. The maximum atomic E-state index is 11.3. The highest BCUT2D eigenvalue weighted by molar-refractivity contribution is 7.91. The number of hydrogen-bond donors (Lipinski definition) is 0. The van der Waals surface area contributed by atoms with Crippen molar-refractivity contribution in [3.05, 3.63) is 30.9 Å². The van der Waals surface area contributed by atoms with Crippen LogP contribution >= 0.6 is 0 Å². The van der Waals surface area contributed by atoms with Gasteiger partial charge in [0.1, 0.15) is 0 Å². The fourth-order valence-electron chi connectivity index (χ4n) is 0.762. The second-order valence-electron chi connectivity index (χ2n) is 2.39. The average molecular weight is 184 g/mol. The zero-order valence-corrected chi connectivity index (χ0v) is 7.63. The van der Waals surface area contributed by atoms with E-state index in [1.165, 1.54) is 12.3 Å². The minimum absolute atomic E-state index is 0.102. The zero-order chi connectivity index (χ0) is 9.19. The highest BCUT2D eigenvalue weighted by atomic mass is 32.2. The third-order valence-corrected chi connectivity index (χ3v) is 3.26. The molecule has 0 saturated heterocycles. The quantitative estimate of drug-likeness (QED) is 0.690. The van der Waals surface area contributed by atoms with Gasteiger partial charge in [-0.05, 0) is 19.1 Å². The van der Waals surface area contributed by atoms with Crippen molar-refractivity contribution in [1.82, 2.24) is 4.98 Å². The summed E-state index contributed by atoms with van der Waals surface area (Å²) < 4.78 is 22.5. The highest BCUT2D eigenvalue weighted by Crippen LogP contribution is 2.08. The van der Waals surface area contributed by atoms with Crippen LogP contribution in [-0.2, 0) is 9.84 Å². The molecule has 3 nitrogen and oxygen atoms in total. The highest BCUT2D eigenvalue weighted by Gasteiger charge is 2.10. The number of aromatic nitrogens is 1. The summed E-state index contributed by atoms with van der Waals surface area (Å²) >= 11 is 0. The maximum Gasteiger partial charge on any atom is 0.179 e. The topological polar surface area (TPSA) is 47.0 Å². The predicted octanol–water partition coefficient (Wildman–Crippen LogP) is 1.06. The minimum Gasteiger partial charge on any atom is -0.260 e. The first-order valence-electron chi connectivity index (χ1n) is 3.57. The molecule has 0 aliphatic heterocycles. The fourth-order valence-corrected chi connectivity index (χ4v) is 1.58. The van der Waals surface area contributed by atoms with Gasteiger partial charge in [-0.1, -0.05) is 6.92 Å². The predicted molar refractivity (Wildman–Crippen MR) is 46.4 cm³/mol. The summed E-state index contributed by atoms with van der Waals surface area (Å²) in [5.74, 6) is 0.102. The Morgan fingerprint density at radius 3 is 2.58 bits per heavy atom. The van der Waals surface area contributed by atoms with Gasteiger partial charge in [0.05, 0.1) is 10.6 Å².